The Labute approximate surface area is 418 Å². The third-order valence-electron chi connectivity index (χ3n) is 12.0. The molecule has 1 N–H and O–H groups in total. The van der Waals surface area contributed by atoms with Crippen LogP contribution >= 0.6 is 0 Å². The van der Waals surface area contributed by atoms with Gasteiger partial charge in [0.25, 0.3) is 6.29 Å². The second-order valence-electron chi connectivity index (χ2n) is 19.9. The Hall–Kier alpha value is -3.01. The van der Waals surface area contributed by atoms with Crippen molar-refractivity contribution in [3.05, 3.63) is 60.8 Å². The fraction of sp³-hybridized carbons (Fsp3) is 0.780. The van der Waals surface area contributed by atoms with E-state index >= 15 is 0 Å². The summed E-state index contributed by atoms with van der Waals surface area (Å²) in [5.41, 5.74) is 0. The molecule has 0 aromatic rings. The summed E-state index contributed by atoms with van der Waals surface area (Å²) in [6, 6.07) is 0. The van der Waals surface area contributed by atoms with Crippen LogP contribution in [0.1, 0.15) is 239 Å². The molecule has 0 radical (unpaired) electrons. The number of quaternary nitrogens is 1. The summed E-state index contributed by atoms with van der Waals surface area (Å²) < 4.78 is 22.9. The van der Waals surface area contributed by atoms with E-state index in [0.29, 0.717) is 23.9 Å². The molecule has 0 heterocycles. The largest absolute Gasteiger partial charge is 0.477 e. The minimum atomic E-state index is -1.51. The van der Waals surface area contributed by atoms with Gasteiger partial charge < -0.3 is 28.5 Å². The predicted molar refractivity (Wildman–Crippen MR) is 286 cm³/mol. The normalized spacial score (nSPS) is 13.2. The Balaban J connectivity index is 4.30. The summed E-state index contributed by atoms with van der Waals surface area (Å²) in [5, 5.41) is 9.69. The lowest BCUT2D eigenvalue weighted by Crippen LogP contribution is -2.40. The molecule has 0 aliphatic carbocycles. The number of carbonyl (C=O) groups excluding carboxylic acids is 2. The summed E-state index contributed by atoms with van der Waals surface area (Å²) in [7, 11) is 5.96. The van der Waals surface area contributed by atoms with Crippen molar-refractivity contribution in [2.45, 2.75) is 251 Å². The highest BCUT2D eigenvalue weighted by Gasteiger charge is 2.25. The first-order valence-electron chi connectivity index (χ1n) is 28.0. The summed E-state index contributed by atoms with van der Waals surface area (Å²) in [5.74, 6) is -2.02. The molecule has 68 heavy (non-hydrogen) atoms. The highest BCUT2D eigenvalue weighted by molar-refractivity contribution is 5.71. The molecule has 0 saturated heterocycles. The highest BCUT2D eigenvalue weighted by Crippen LogP contribution is 2.15. The van der Waals surface area contributed by atoms with Gasteiger partial charge in [-0.15, -0.1) is 0 Å². The molecule has 0 rings (SSSR count). The second-order valence-corrected chi connectivity index (χ2v) is 19.9. The molecule has 0 amide bonds. The molecule has 0 spiro atoms. The standard InChI is InChI=1S/C59H105NO8/c1-6-8-10-12-14-16-18-20-22-24-26-27-28-29-30-31-32-34-36-38-40-42-44-46-48-50-57(62)68-55(54-67-59(58(63)64)65-52-51-60(3,4)5)53-66-56(61)49-47-45-43-41-39-37-35-33-25-23-21-19-17-15-13-11-9-7-2/h17-20,23-26,28-29,55,59H,6-16,21-22,27,30-54H2,1-5H3/p+1/b19-17-,20-18-,25-23-,26-24-,29-28-. The summed E-state index contributed by atoms with van der Waals surface area (Å²) in [6.07, 6.45) is 60.0. The lowest BCUT2D eigenvalue weighted by molar-refractivity contribution is -0.870. The molecule has 0 saturated carbocycles. The molecule has 0 fully saturated rings. The third-order valence-corrected chi connectivity index (χ3v) is 12.0. The van der Waals surface area contributed by atoms with Crippen LogP contribution in [0.25, 0.3) is 0 Å². The predicted octanol–water partition coefficient (Wildman–Crippen LogP) is 16.1. The van der Waals surface area contributed by atoms with Gasteiger partial charge >= 0.3 is 17.9 Å². The molecular weight excluding hydrogens is 851 g/mol. The summed E-state index contributed by atoms with van der Waals surface area (Å²) >= 11 is 0. The SMILES string of the molecule is CCCCCC/C=C\C/C=C\CCCCCCCCCC(=O)OCC(COC(OCC[N+](C)(C)C)C(=O)O)OC(=O)CCCCCCCCCCCC/C=C\C/C=C\C/C=C\CCCCCCC. The van der Waals surface area contributed by atoms with E-state index in [0.717, 1.165) is 70.6 Å². The molecule has 0 aliphatic heterocycles. The van der Waals surface area contributed by atoms with Crippen molar-refractivity contribution in [1.82, 2.24) is 0 Å². The molecule has 0 aromatic carbocycles. The number of carboxylic acids is 1. The quantitative estimate of drug-likeness (QED) is 0.0211. The number of carboxylic acid groups (broad SMARTS) is 1. The number of unbranched alkanes of at least 4 members (excludes halogenated alkanes) is 26. The van der Waals surface area contributed by atoms with E-state index in [1.807, 2.05) is 21.1 Å². The average molecular weight is 957 g/mol. The highest BCUT2D eigenvalue weighted by atomic mass is 16.7. The van der Waals surface area contributed by atoms with E-state index in [2.05, 4.69) is 74.6 Å². The minimum Gasteiger partial charge on any atom is -0.477 e. The van der Waals surface area contributed by atoms with Crippen molar-refractivity contribution < 1.29 is 42.9 Å². The maximum Gasteiger partial charge on any atom is 0.361 e. The van der Waals surface area contributed by atoms with E-state index in [9.17, 15) is 19.5 Å². The van der Waals surface area contributed by atoms with Crippen LogP contribution in [0.15, 0.2) is 60.8 Å². The molecule has 9 nitrogen and oxygen atoms in total. The van der Waals surface area contributed by atoms with Gasteiger partial charge in [0.15, 0.2) is 6.10 Å². The van der Waals surface area contributed by atoms with Gasteiger partial charge in [-0.25, -0.2) is 4.79 Å². The van der Waals surface area contributed by atoms with Gasteiger partial charge in [-0.2, -0.15) is 0 Å². The lowest BCUT2D eigenvalue weighted by Gasteiger charge is -2.25. The van der Waals surface area contributed by atoms with Gasteiger partial charge in [-0.1, -0.05) is 203 Å². The van der Waals surface area contributed by atoms with Crippen LogP contribution in [0, 0.1) is 0 Å². The zero-order valence-corrected chi connectivity index (χ0v) is 44.8. The lowest BCUT2D eigenvalue weighted by atomic mass is 10.0. The zero-order valence-electron chi connectivity index (χ0n) is 44.8. The minimum absolute atomic E-state index is 0.184. The number of ether oxygens (including phenoxy) is 4. The maximum absolute atomic E-state index is 12.9. The molecule has 2 atom stereocenters. The Morgan fingerprint density at radius 2 is 0.794 bits per heavy atom. The van der Waals surface area contributed by atoms with Crippen molar-refractivity contribution >= 4 is 17.9 Å². The third kappa shape index (κ3) is 50.9. The first-order chi connectivity index (χ1) is 33.1. The van der Waals surface area contributed by atoms with E-state index in [1.165, 1.54) is 135 Å². The van der Waals surface area contributed by atoms with Gasteiger partial charge in [0, 0.05) is 12.8 Å². The summed E-state index contributed by atoms with van der Waals surface area (Å²) in [4.78, 5) is 37.4. The van der Waals surface area contributed by atoms with Gasteiger partial charge in [0.2, 0.25) is 0 Å². The van der Waals surface area contributed by atoms with Crippen LogP contribution in [0.4, 0.5) is 0 Å². The van der Waals surface area contributed by atoms with Gasteiger partial charge in [-0.05, 0) is 83.5 Å². The van der Waals surface area contributed by atoms with Crippen molar-refractivity contribution in [3.8, 4) is 0 Å². The topological polar surface area (TPSA) is 108 Å². The van der Waals surface area contributed by atoms with Gasteiger partial charge in [0.1, 0.15) is 13.2 Å². The van der Waals surface area contributed by atoms with E-state index in [-0.39, 0.29) is 32.2 Å². The monoisotopic (exact) mass is 957 g/mol. The van der Waals surface area contributed by atoms with Crippen molar-refractivity contribution in [3.63, 3.8) is 0 Å². The number of carbonyl (C=O) groups is 3. The van der Waals surface area contributed by atoms with E-state index in [1.54, 1.807) is 0 Å². The average Bonchev–Trinajstić information content (AvgIpc) is 3.30. The van der Waals surface area contributed by atoms with Crippen molar-refractivity contribution in [1.29, 1.82) is 0 Å². The Bertz CT molecular complexity index is 1300. The van der Waals surface area contributed by atoms with Crippen LogP contribution in [-0.4, -0.2) is 87.4 Å². The first-order valence-corrected chi connectivity index (χ1v) is 28.0. The molecule has 394 valence electrons. The number of esters is 2. The number of aliphatic carboxylic acids is 1. The van der Waals surface area contributed by atoms with Gasteiger partial charge in [0.05, 0.1) is 34.4 Å². The molecule has 0 aliphatic rings. The van der Waals surface area contributed by atoms with Crippen LogP contribution in [0.2, 0.25) is 0 Å². The van der Waals surface area contributed by atoms with Crippen LogP contribution in [-0.2, 0) is 33.3 Å². The number of hydrogen-bond acceptors (Lipinski definition) is 7. The Kier molecular flexibility index (Phi) is 48.2. The number of hydrogen-bond donors (Lipinski definition) is 1. The maximum atomic E-state index is 12.9. The van der Waals surface area contributed by atoms with Gasteiger partial charge in [-0.3, -0.25) is 9.59 Å². The van der Waals surface area contributed by atoms with Crippen molar-refractivity contribution in [2.75, 3.05) is 47.5 Å². The van der Waals surface area contributed by atoms with E-state index < -0.39 is 24.3 Å². The van der Waals surface area contributed by atoms with Crippen LogP contribution < -0.4 is 0 Å². The van der Waals surface area contributed by atoms with E-state index in [4.69, 9.17) is 18.9 Å². The Morgan fingerprint density at radius 1 is 0.441 bits per heavy atom. The Morgan fingerprint density at radius 3 is 1.19 bits per heavy atom. The molecular formula is C59H106NO8+. The van der Waals surface area contributed by atoms with Crippen molar-refractivity contribution in [2.24, 2.45) is 0 Å². The first kappa shape index (κ1) is 65.0. The van der Waals surface area contributed by atoms with Crippen LogP contribution in [0.5, 0.6) is 0 Å². The fourth-order valence-corrected chi connectivity index (χ4v) is 7.64. The molecule has 0 bridgehead atoms. The molecule has 2 unspecified atom stereocenters. The zero-order chi connectivity index (χ0) is 49.9. The number of rotatable bonds is 51. The second kappa shape index (κ2) is 50.4. The molecule has 0 aromatic heterocycles. The number of nitrogens with zero attached hydrogens (tertiary/aromatic N) is 1. The smallest absolute Gasteiger partial charge is 0.361 e. The fourth-order valence-electron chi connectivity index (χ4n) is 7.64. The number of likely N-dealkylation sites (N-methyl/N-ethyl adjacent to an activating group) is 1. The molecule has 9 heteroatoms. The summed E-state index contributed by atoms with van der Waals surface area (Å²) in [6.45, 7) is 4.84. The van der Waals surface area contributed by atoms with Crippen LogP contribution in [0.3, 0.4) is 0 Å². The number of allylic oxidation sites excluding steroid dienone is 10.